The molecular formula is C32H30Cl2N2O6. The number of aryl methyl sites for hydroxylation is 3. The highest BCUT2D eigenvalue weighted by atomic mass is 35.5. The summed E-state index contributed by atoms with van der Waals surface area (Å²) in [7, 11) is 2.84. The minimum absolute atomic E-state index is 0.0939. The standard InChI is InChI=1S/C32H30Cl2N2O6/c1-17-10-12-24(18(2)14-17)42-25-13-11-21(16-22(25)33)41-30-19(3)15-23(20(4)29(30)34)35-32(38)36-31(37)28-26(39-5)8-7-9-27(28)40-6/h7-16H,1-6H3,(H2,35,36,37,38). The first-order chi connectivity index (χ1) is 20.0. The van der Waals surface area contributed by atoms with Crippen LogP contribution in [0.5, 0.6) is 34.5 Å². The van der Waals surface area contributed by atoms with E-state index in [0.717, 1.165) is 11.1 Å². The maximum atomic E-state index is 12.9. The largest absolute Gasteiger partial charge is 0.496 e. The summed E-state index contributed by atoms with van der Waals surface area (Å²) in [5.74, 6) is 1.88. The van der Waals surface area contributed by atoms with Gasteiger partial charge in [-0.1, -0.05) is 47.0 Å². The summed E-state index contributed by atoms with van der Waals surface area (Å²) in [6.07, 6.45) is 0. The van der Waals surface area contributed by atoms with E-state index in [1.807, 2.05) is 32.0 Å². The second kappa shape index (κ2) is 13.1. The number of hydrogen-bond acceptors (Lipinski definition) is 6. The molecule has 0 bridgehead atoms. The molecule has 0 spiro atoms. The van der Waals surface area contributed by atoms with Gasteiger partial charge in [0.1, 0.15) is 40.1 Å². The lowest BCUT2D eigenvalue weighted by Crippen LogP contribution is -2.35. The zero-order valence-electron chi connectivity index (χ0n) is 24.0. The molecule has 0 radical (unpaired) electrons. The summed E-state index contributed by atoms with van der Waals surface area (Å²) < 4.78 is 22.6. The van der Waals surface area contributed by atoms with Crippen LogP contribution >= 0.6 is 23.2 Å². The third kappa shape index (κ3) is 6.73. The molecule has 0 atom stereocenters. The van der Waals surface area contributed by atoms with E-state index in [9.17, 15) is 9.59 Å². The van der Waals surface area contributed by atoms with Crippen LogP contribution in [0.15, 0.2) is 60.7 Å². The number of ether oxygens (including phenoxy) is 4. The number of amides is 3. The quantitative estimate of drug-likeness (QED) is 0.207. The molecule has 0 aliphatic heterocycles. The second-order valence-electron chi connectivity index (χ2n) is 9.52. The maximum absolute atomic E-state index is 12.9. The highest BCUT2D eigenvalue weighted by molar-refractivity contribution is 6.33. The molecule has 0 aliphatic rings. The van der Waals surface area contributed by atoms with Crippen LogP contribution in [0, 0.1) is 27.7 Å². The number of nitrogens with one attached hydrogen (secondary N) is 2. The molecule has 42 heavy (non-hydrogen) atoms. The second-order valence-corrected chi connectivity index (χ2v) is 10.3. The van der Waals surface area contributed by atoms with Gasteiger partial charge in [0.05, 0.1) is 24.3 Å². The van der Waals surface area contributed by atoms with Crippen molar-refractivity contribution in [2.75, 3.05) is 19.5 Å². The highest BCUT2D eigenvalue weighted by Crippen LogP contribution is 2.41. The lowest BCUT2D eigenvalue weighted by Gasteiger charge is -2.18. The van der Waals surface area contributed by atoms with Crippen molar-refractivity contribution in [2.24, 2.45) is 0 Å². The maximum Gasteiger partial charge on any atom is 0.326 e. The highest BCUT2D eigenvalue weighted by Gasteiger charge is 2.22. The van der Waals surface area contributed by atoms with E-state index in [2.05, 4.69) is 10.6 Å². The van der Waals surface area contributed by atoms with Crippen LogP contribution in [0.2, 0.25) is 10.0 Å². The SMILES string of the molecule is COc1cccc(OC)c1C(=O)NC(=O)Nc1cc(C)c(Oc2ccc(Oc3ccc(C)cc3C)c(Cl)c2)c(Cl)c1C. The van der Waals surface area contributed by atoms with Crippen LogP contribution in [0.3, 0.4) is 0 Å². The van der Waals surface area contributed by atoms with Crippen molar-refractivity contribution < 1.29 is 28.5 Å². The topological polar surface area (TPSA) is 95.1 Å². The molecule has 3 amide bonds. The Morgan fingerprint density at radius 1 is 0.738 bits per heavy atom. The smallest absolute Gasteiger partial charge is 0.326 e. The van der Waals surface area contributed by atoms with Gasteiger partial charge in [-0.2, -0.15) is 0 Å². The lowest BCUT2D eigenvalue weighted by molar-refractivity contribution is 0.0961. The number of hydrogen-bond donors (Lipinski definition) is 2. The molecule has 218 valence electrons. The van der Waals surface area contributed by atoms with Gasteiger partial charge < -0.3 is 24.3 Å². The Morgan fingerprint density at radius 2 is 1.40 bits per heavy atom. The first-order valence-corrected chi connectivity index (χ1v) is 13.6. The Labute approximate surface area is 254 Å². The Kier molecular flexibility index (Phi) is 9.50. The van der Waals surface area contributed by atoms with Gasteiger partial charge in [0.25, 0.3) is 5.91 Å². The molecule has 8 nitrogen and oxygen atoms in total. The zero-order valence-corrected chi connectivity index (χ0v) is 25.5. The van der Waals surface area contributed by atoms with Crippen molar-refractivity contribution in [3.8, 4) is 34.5 Å². The Bertz CT molecular complexity index is 1650. The number of urea groups is 1. The van der Waals surface area contributed by atoms with Gasteiger partial charge in [0.15, 0.2) is 0 Å². The average Bonchev–Trinajstić information content (AvgIpc) is 2.95. The summed E-state index contributed by atoms with van der Waals surface area (Å²) in [4.78, 5) is 25.6. The van der Waals surface area contributed by atoms with Gasteiger partial charge in [0, 0.05) is 11.8 Å². The fraction of sp³-hybridized carbons (Fsp3) is 0.188. The number of anilines is 1. The molecule has 0 saturated carbocycles. The van der Waals surface area contributed by atoms with E-state index in [0.29, 0.717) is 44.8 Å². The first kappa shape index (κ1) is 30.6. The van der Waals surface area contributed by atoms with E-state index in [1.165, 1.54) is 14.2 Å². The molecule has 0 aromatic heterocycles. The van der Waals surface area contributed by atoms with Crippen LogP contribution in [-0.4, -0.2) is 26.2 Å². The molecule has 2 N–H and O–H groups in total. The molecule has 4 rings (SSSR count). The summed E-state index contributed by atoms with van der Waals surface area (Å²) in [6.45, 7) is 7.50. The van der Waals surface area contributed by atoms with Gasteiger partial charge in [-0.3, -0.25) is 10.1 Å². The lowest BCUT2D eigenvalue weighted by atomic mass is 10.1. The first-order valence-electron chi connectivity index (χ1n) is 12.9. The van der Waals surface area contributed by atoms with Crippen molar-refractivity contribution in [1.82, 2.24) is 5.32 Å². The van der Waals surface area contributed by atoms with Crippen LogP contribution in [0.1, 0.15) is 32.6 Å². The van der Waals surface area contributed by atoms with E-state index in [1.54, 1.807) is 56.3 Å². The van der Waals surface area contributed by atoms with E-state index >= 15 is 0 Å². The fourth-order valence-corrected chi connectivity index (χ4v) is 4.78. The third-order valence-corrected chi connectivity index (χ3v) is 7.21. The Hall–Kier alpha value is -4.40. The van der Waals surface area contributed by atoms with Crippen LogP contribution in [0.4, 0.5) is 10.5 Å². The minimum Gasteiger partial charge on any atom is -0.496 e. The molecule has 0 unspecified atom stereocenters. The molecule has 0 heterocycles. The summed E-state index contributed by atoms with van der Waals surface area (Å²) >= 11 is 13.2. The van der Waals surface area contributed by atoms with Crippen LogP contribution in [0.25, 0.3) is 0 Å². The number of methoxy groups -OCH3 is 2. The van der Waals surface area contributed by atoms with E-state index < -0.39 is 11.9 Å². The van der Waals surface area contributed by atoms with Crippen molar-refractivity contribution in [3.63, 3.8) is 0 Å². The number of carbonyl (C=O) groups is 2. The summed E-state index contributed by atoms with van der Waals surface area (Å²) in [5.41, 5.74) is 3.81. The number of benzene rings is 4. The number of halogens is 2. The van der Waals surface area contributed by atoms with Crippen molar-refractivity contribution in [3.05, 3.63) is 98.5 Å². The Morgan fingerprint density at radius 3 is 2.02 bits per heavy atom. The molecule has 0 saturated heterocycles. The van der Waals surface area contributed by atoms with Gasteiger partial charge in [-0.05, 0) is 80.8 Å². The van der Waals surface area contributed by atoms with Gasteiger partial charge in [-0.15, -0.1) is 0 Å². The molecular weight excluding hydrogens is 579 g/mol. The van der Waals surface area contributed by atoms with Crippen molar-refractivity contribution >= 4 is 40.8 Å². The molecule has 4 aromatic carbocycles. The van der Waals surface area contributed by atoms with Gasteiger partial charge >= 0.3 is 6.03 Å². The normalized spacial score (nSPS) is 10.6. The summed E-state index contributed by atoms with van der Waals surface area (Å²) in [5, 5.41) is 5.63. The number of rotatable bonds is 8. The van der Waals surface area contributed by atoms with Crippen molar-refractivity contribution in [1.29, 1.82) is 0 Å². The predicted octanol–water partition coefficient (Wildman–Crippen LogP) is 8.79. The zero-order chi connectivity index (χ0) is 30.6. The monoisotopic (exact) mass is 608 g/mol. The van der Waals surface area contributed by atoms with Crippen molar-refractivity contribution in [2.45, 2.75) is 27.7 Å². The Balaban J connectivity index is 1.49. The summed E-state index contributed by atoms with van der Waals surface area (Å²) in [6, 6.07) is 16.8. The van der Waals surface area contributed by atoms with Gasteiger partial charge in [0.2, 0.25) is 0 Å². The van der Waals surface area contributed by atoms with Crippen LogP contribution < -0.4 is 29.6 Å². The number of carbonyl (C=O) groups excluding carboxylic acids is 2. The fourth-order valence-electron chi connectivity index (χ4n) is 4.28. The molecule has 0 fully saturated rings. The molecule has 0 aliphatic carbocycles. The van der Waals surface area contributed by atoms with Gasteiger partial charge in [-0.25, -0.2) is 4.79 Å². The average molecular weight is 610 g/mol. The molecule has 10 heteroatoms. The predicted molar refractivity (Wildman–Crippen MR) is 164 cm³/mol. The number of imide groups is 1. The van der Waals surface area contributed by atoms with E-state index in [-0.39, 0.29) is 22.1 Å². The minimum atomic E-state index is -0.758. The van der Waals surface area contributed by atoms with E-state index in [4.69, 9.17) is 42.1 Å². The van der Waals surface area contributed by atoms with Crippen LogP contribution in [-0.2, 0) is 0 Å². The molecule has 4 aromatic rings. The third-order valence-electron chi connectivity index (χ3n) is 6.46.